The monoisotopic (exact) mass is 249 g/mol. The van der Waals surface area contributed by atoms with Crippen LogP contribution in [0.3, 0.4) is 0 Å². The van der Waals surface area contributed by atoms with Crippen LogP contribution in [-0.2, 0) is 20.7 Å². The molecule has 1 amide bonds. The lowest BCUT2D eigenvalue weighted by Crippen LogP contribution is -2.27. The number of rotatable bonds is 4. The second-order valence-corrected chi connectivity index (χ2v) is 4.22. The SMILES string of the molecule is O=C(O)Cc1ccccc1NC(=O)[C@@H]1CCCO1. The maximum Gasteiger partial charge on any atom is 0.307 e. The molecule has 1 atom stereocenters. The van der Waals surface area contributed by atoms with E-state index in [0.717, 1.165) is 6.42 Å². The van der Waals surface area contributed by atoms with Crippen LogP contribution in [-0.4, -0.2) is 29.7 Å². The third kappa shape index (κ3) is 3.07. The lowest BCUT2D eigenvalue weighted by Gasteiger charge is -2.13. The normalized spacial score (nSPS) is 18.6. The zero-order chi connectivity index (χ0) is 13.0. The number of carboxylic acids is 1. The van der Waals surface area contributed by atoms with Crippen molar-refractivity contribution in [1.29, 1.82) is 0 Å². The molecule has 0 spiro atoms. The Morgan fingerprint density at radius 2 is 2.17 bits per heavy atom. The van der Waals surface area contributed by atoms with Crippen molar-refractivity contribution in [3.05, 3.63) is 29.8 Å². The van der Waals surface area contributed by atoms with Crippen LogP contribution in [0, 0.1) is 0 Å². The number of carboxylic acid groups (broad SMARTS) is 1. The van der Waals surface area contributed by atoms with Gasteiger partial charge in [-0.1, -0.05) is 18.2 Å². The Bertz CT molecular complexity index is 452. The molecule has 1 aromatic carbocycles. The molecule has 0 saturated carbocycles. The van der Waals surface area contributed by atoms with Gasteiger partial charge in [-0.15, -0.1) is 0 Å². The molecule has 1 saturated heterocycles. The molecule has 0 unspecified atom stereocenters. The minimum atomic E-state index is -0.922. The van der Waals surface area contributed by atoms with Crippen LogP contribution >= 0.6 is 0 Å². The zero-order valence-electron chi connectivity index (χ0n) is 9.89. The largest absolute Gasteiger partial charge is 0.481 e. The van der Waals surface area contributed by atoms with E-state index in [4.69, 9.17) is 9.84 Å². The highest BCUT2D eigenvalue weighted by molar-refractivity contribution is 5.95. The van der Waals surface area contributed by atoms with Gasteiger partial charge in [0.25, 0.3) is 5.91 Å². The summed E-state index contributed by atoms with van der Waals surface area (Å²) >= 11 is 0. The maximum atomic E-state index is 11.9. The van der Waals surface area contributed by atoms with Crippen LogP contribution in [0.1, 0.15) is 18.4 Å². The fourth-order valence-electron chi connectivity index (χ4n) is 1.96. The summed E-state index contributed by atoms with van der Waals surface area (Å²) < 4.78 is 5.28. The lowest BCUT2D eigenvalue weighted by molar-refractivity contribution is -0.136. The van der Waals surface area contributed by atoms with Crippen molar-refractivity contribution < 1.29 is 19.4 Å². The van der Waals surface area contributed by atoms with Crippen molar-refractivity contribution in [2.45, 2.75) is 25.4 Å². The summed E-state index contributed by atoms with van der Waals surface area (Å²) in [5.41, 5.74) is 1.14. The molecule has 1 heterocycles. The molecular weight excluding hydrogens is 234 g/mol. The molecule has 5 nitrogen and oxygen atoms in total. The van der Waals surface area contributed by atoms with Crippen molar-refractivity contribution in [1.82, 2.24) is 0 Å². The van der Waals surface area contributed by atoms with E-state index in [1.54, 1.807) is 24.3 Å². The van der Waals surface area contributed by atoms with Crippen LogP contribution < -0.4 is 5.32 Å². The highest BCUT2D eigenvalue weighted by Gasteiger charge is 2.24. The lowest BCUT2D eigenvalue weighted by atomic mass is 10.1. The van der Waals surface area contributed by atoms with E-state index in [9.17, 15) is 9.59 Å². The van der Waals surface area contributed by atoms with Gasteiger partial charge < -0.3 is 15.2 Å². The summed E-state index contributed by atoms with van der Waals surface area (Å²) in [7, 11) is 0. The number of benzene rings is 1. The second kappa shape index (κ2) is 5.64. The number of para-hydroxylation sites is 1. The van der Waals surface area contributed by atoms with Crippen LogP contribution in [0.4, 0.5) is 5.69 Å². The van der Waals surface area contributed by atoms with E-state index in [0.29, 0.717) is 24.3 Å². The first-order valence-electron chi connectivity index (χ1n) is 5.89. The molecule has 1 fully saturated rings. The van der Waals surface area contributed by atoms with Crippen LogP contribution in [0.5, 0.6) is 0 Å². The van der Waals surface area contributed by atoms with E-state index in [2.05, 4.69) is 5.32 Å². The van der Waals surface area contributed by atoms with Gasteiger partial charge >= 0.3 is 5.97 Å². The molecular formula is C13H15NO4. The summed E-state index contributed by atoms with van der Waals surface area (Å²) in [6.45, 7) is 0.606. The quantitative estimate of drug-likeness (QED) is 0.846. The number of carbonyl (C=O) groups is 2. The van der Waals surface area contributed by atoms with E-state index < -0.39 is 12.1 Å². The molecule has 2 N–H and O–H groups in total. The average Bonchev–Trinajstić information content (AvgIpc) is 2.84. The van der Waals surface area contributed by atoms with Gasteiger partial charge in [0.2, 0.25) is 0 Å². The number of aliphatic carboxylic acids is 1. The second-order valence-electron chi connectivity index (χ2n) is 4.22. The zero-order valence-corrected chi connectivity index (χ0v) is 9.89. The maximum absolute atomic E-state index is 11.9. The molecule has 2 rings (SSSR count). The number of carbonyl (C=O) groups excluding carboxylic acids is 1. The third-order valence-electron chi connectivity index (χ3n) is 2.84. The highest BCUT2D eigenvalue weighted by atomic mass is 16.5. The van der Waals surface area contributed by atoms with Gasteiger partial charge in [0.15, 0.2) is 0 Å². The predicted molar refractivity (Wildman–Crippen MR) is 65.4 cm³/mol. The number of amides is 1. The number of hydrogen-bond donors (Lipinski definition) is 2. The van der Waals surface area contributed by atoms with Gasteiger partial charge in [-0.2, -0.15) is 0 Å². The molecule has 1 aromatic rings. The van der Waals surface area contributed by atoms with Crippen molar-refractivity contribution in [2.24, 2.45) is 0 Å². The van der Waals surface area contributed by atoms with Crippen molar-refractivity contribution in [3.63, 3.8) is 0 Å². The first-order chi connectivity index (χ1) is 8.66. The molecule has 0 bridgehead atoms. The molecule has 1 aliphatic rings. The van der Waals surface area contributed by atoms with E-state index >= 15 is 0 Å². The van der Waals surface area contributed by atoms with E-state index in [1.165, 1.54) is 0 Å². The molecule has 5 heteroatoms. The van der Waals surface area contributed by atoms with Crippen LogP contribution in [0.15, 0.2) is 24.3 Å². The Morgan fingerprint density at radius 1 is 1.39 bits per heavy atom. The standard InChI is InChI=1S/C13H15NO4/c15-12(16)8-9-4-1-2-5-10(9)14-13(17)11-6-3-7-18-11/h1-2,4-5,11H,3,6-8H2,(H,14,17)(H,15,16)/t11-/m0/s1. The molecule has 96 valence electrons. The molecule has 1 aliphatic heterocycles. The van der Waals surface area contributed by atoms with Gasteiger partial charge in [-0.05, 0) is 24.5 Å². The molecule has 0 radical (unpaired) electrons. The minimum Gasteiger partial charge on any atom is -0.481 e. The summed E-state index contributed by atoms with van der Waals surface area (Å²) in [5.74, 6) is -1.13. The van der Waals surface area contributed by atoms with Crippen LogP contribution in [0.25, 0.3) is 0 Å². The van der Waals surface area contributed by atoms with Gasteiger partial charge in [0.05, 0.1) is 6.42 Å². The van der Waals surface area contributed by atoms with E-state index in [1.807, 2.05) is 0 Å². The van der Waals surface area contributed by atoms with E-state index in [-0.39, 0.29) is 12.3 Å². The molecule has 18 heavy (non-hydrogen) atoms. The summed E-state index contributed by atoms with van der Waals surface area (Å²) in [6, 6.07) is 6.90. The highest BCUT2D eigenvalue weighted by Crippen LogP contribution is 2.19. The Hall–Kier alpha value is -1.88. The number of hydrogen-bond acceptors (Lipinski definition) is 3. The van der Waals surface area contributed by atoms with Gasteiger partial charge in [0.1, 0.15) is 6.10 Å². The fourth-order valence-corrected chi connectivity index (χ4v) is 1.96. The van der Waals surface area contributed by atoms with Gasteiger partial charge in [-0.25, -0.2) is 0 Å². The van der Waals surface area contributed by atoms with Crippen molar-refractivity contribution in [3.8, 4) is 0 Å². The predicted octanol–water partition coefficient (Wildman–Crippen LogP) is 1.43. The Balaban J connectivity index is 2.07. The van der Waals surface area contributed by atoms with Crippen LogP contribution in [0.2, 0.25) is 0 Å². The first kappa shape index (κ1) is 12.6. The summed E-state index contributed by atoms with van der Waals surface area (Å²) in [4.78, 5) is 22.6. The number of ether oxygens (including phenoxy) is 1. The van der Waals surface area contributed by atoms with Gasteiger partial charge in [-0.3, -0.25) is 9.59 Å². The Labute approximate surface area is 105 Å². The van der Waals surface area contributed by atoms with Crippen molar-refractivity contribution >= 4 is 17.6 Å². The average molecular weight is 249 g/mol. The molecule has 0 aliphatic carbocycles. The number of nitrogens with one attached hydrogen (secondary N) is 1. The fraction of sp³-hybridized carbons (Fsp3) is 0.385. The summed E-state index contributed by atoms with van der Waals surface area (Å²) in [5, 5.41) is 11.5. The minimum absolute atomic E-state index is 0.109. The number of anilines is 1. The molecule has 0 aromatic heterocycles. The van der Waals surface area contributed by atoms with Gasteiger partial charge in [0, 0.05) is 12.3 Å². The topological polar surface area (TPSA) is 75.6 Å². The first-order valence-corrected chi connectivity index (χ1v) is 5.89. The Morgan fingerprint density at radius 3 is 2.83 bits per heavy atom. The third-order valence-corrected chi connectivity index (χ3v) is 2.84. The van der Waals surface area contributed by atoms with Crippen molar-refractivity contribution in [2.75, 3.05) is 11.9 Å². The summed E-state index contributed by atoms with van der Waals surface area (Å²) in [6.07, 6.45) is 1.08. The smallest absolute Gasteiger partial charge is 0.307 e. The Kier molecular flexibility index (Phi) is 3.94.